The monoisotopic (exact) mass is 307 g/mol. The highest BCUT2D eigenvalue weighted by Gasteiger charge is 2.34. The van der Waals surface area contributed by atoms with Gasteiger partial charge in [-0.2, -0.15) is 0 Å². The minimum atomic E-state index is -0.755. The number of benzene rings is 2. The first-order chi connectivity index (χ1) is 11.2. The summed E-state index contributed by atoms with van der Waals surface area (Å²) in [4.78, 5) is 13.9. The zero-order valence-electron chi connectivity index (χ0n) is 13.2. The molecule has 0 amide bonds. The molecule has 0 aromatic heterocycles. The van der Waals surface area contributed by atoms with E-state index in [0.717, 1.165) is 16.7 Å². The fourth-order valence-corrected chi connectivity index (χ4v) is 3.25. The summed E-state index contributed by atoms with van der Waals surface area (Å²) in [5.74, 6) is -0.755. The summed E-state index contributed by atoms with van der Waals surface area (Å²) in [6, 6.07) is 19.7. The van der Waals surface area contributed by atoms with E-state index >= 15 is 0 Å². The lowest BCUT2D eigenvalue weighted by molar-refractivity contribution is -0.144. The van der Waals surface area contributed by atoms with E-state index in [1.807, 2.05) is 43.3 Å². The molecule has 2 aromatic rings. The number of hydrogen-bond acceptors (Lipinski definition) is 2. The molecule has 1 unspecified atom stereocenters. The SMILES string of the molecule is CC1=CCN(C(c2ccccc2)c2ccccc2)C(C(=O)O)C1. The summed E-state index contributed by atoms with van der Waals surface area (Å²) in [6.07, 6.45) is 2.71. The summed E-state index contributed by atoms with van der Waals surface area (Å²) in [5, 5.41) is 9.70. The van der Waals surface area contributed by atoms with Gasteiger partial charge >= 0.3 is 5.97 Å². The van der Waals surface area contributed by atoms with Crippen LogP contribution in [0.15, 0.2) is 72.3 Å². The van der Waals surface area contributed by atoms with Crippen molar-refractivity contribution in [1.82, 2.24) is 4.90 Å². The molecule has 1 atom stereocenters. The molecular weight excluding hydrogens is 286 g/mol. The summed E-state index contributed by atoms with van der Waals surface area (Å²) in [6.45, 7) is 2.66. The predicted octanol–water partition coefficient (Wildman–Crippen LogP) is 3.88. The molecule has 1 aliphatic rings. The number of carbonyl (C=O) groups is 1. The van der Waals surface area contributed by atoms with E-state index in [0.29, 0.717) is 13.0 Å². The van der Waals surface area contributed by atoms with E-state index in [1.54, 1.807) is 0 Å². The molecule has 0 bridgehead atoms. The van der Waals surface area contributed by atoms with E-state index in [2.05, 4.69) is 35.2 Å². The van der Waals surface area contributed by atoms with Gasteiger partial charge in [0.15, 0.2) is 0 Å². The van der Waals surface area contributed by atoms with E-state index in [9.17, 15) is 9.90 Å². The number of carboxylic acids is 1. The molecule has 0 saturated carbocycles. The Kier molecular flexibility index (Phi) is 4.58. The van der Waals surface area contributed by atoms with Crippen molar-refractivity contribution >= 4 is 5.97 Å². The molecule has 23 heavy (non-hydrogen) atoms. The molecule has 0 spiro atoms. The van der Waals surface area contributed by atoms with Crippen molar-refractivity contribution in [2.75, 3.05) is 6.54 Å². The standard InChI is InChI=1S/C20H21NO2/c1-15-12-13-21(18(14-15)20(22)23)19(16-8-4-2-5-9-16)17-10-6-3-7-11-17/h2-12,18-19H,13-14H2,1H3,(H,22,23). The Labute approximate surface area is 136 Å². The van der Waals surface area contributed by atoms with Gasteiger partial charge in [0.1, 0.15) is 6.04 Å². The fourth-order valence-electron chi connectivity index (χ4n) is 3.25. The Morgan fingerprint density at radius 3 is 2.04 bits per heavy atom. The normalized spacial score (nSPS) is 18.7. The van der Waals surface area contributed by atoms with Crippen LogP contribution in [-0.2, 0) is 4.79 Å². The first-order valence-electron chi connectivity index (χ1n) is 7.91. The Morgan fingerprint density at radius 1 is 1.04 bits per heavy atom. The van der Waals surface area contributed by atoms with Crippen LogP contribution in [0.2, 0.25) is 0 Å². The molecule has 118 valence electrons. The maximum atomic E-state index is 11.8. The van der Waals surface area contributed by atoms with Crippen LogP contribution in [0.5, 0.6) is 0 Å². The van der Waals surface area contributed by atoms with Crippen LogP contribution in [0.25, 0.3) is 0 Å². The van der Waals surface area contributed by atoms with Crippen LogP contribution < -0.4 is 0 Å². The second-order valence-electron chi connectivity index (χ2n) is 6.03. The van der Waals surface area contributed by atoms with Crippen molar-refractivity contribution in [3.05, 3.63) is 83.4 Å². The Balaban J connectivity index is 2.06. The minimum Gasteiger partial charge on any atom is -0.480 e. The smallest absolute Gasteiger partial charge is 0.321 e. The molecule has 3 nitrogen and oxygen atoms in total. The summed E-state index contributed by atoms with van der Waals surface area (Å²) < 4.78 is 0. The van der Waals surface area contributed by atoms with Crippen molar-refractivity contribution in [3.8, 4) is 0 Å². The maximum absolute atomic E-state index is 11.8. The van der Waals surface area contributed by atoms with E-state index in [1.165, 1.54) is 0 Å². The molecule has 2 aromatic carbocycles. The number of rotatable bonds is 4. The quantitative estimate of drug-likeness (QED) is 0.871. The summed E-state index contributed by atoms with van der Waals surface area (Å²) in [5.41, 5.74) is 3.39. The van der Waals surface area contributed by atoms with Crippen LogP contribution in [0.4, 0.5) is 0 Å². The lowest BCUT2D eigenvalue weighted by atomic mass is 9.92. The third kappa shape index (κ3) is 3.35. The van der Waals surface area contributed by atoms with E-state index in [4.69, 9.17) is 0 Å². The van der Waals surface area contributed by atoms with Crippen LogP contribution in [0.3, 0.4) is 0 Å². The summed E-state index contributed by atoms with van der Waals surface area (Å²) >= 11 is 0. The molecular formula is C20H21NO2. The van der Waals surface area contributed by atoms with Crippen LogP contribution >= 0.6 is 0 Å². The second kappa shape index (κ2) is 6.80. The number of carboxylic acid groups (broad SMARTS) is 1. The third-order valence-corrected chi connectivity index (χ3v) is 4.41. The molecule has 1 N–H and O–H groups in total. The molecule has 1 heterocycles. The van der Waals surface area contributed by atoms with Gasteiger partial charge in [0.2, 0.25) is 0 Å². The largest absolute Gasteiger partial charge is 0.480 e. The molecule has 0 fully saturated rings. The first-order valence-corrected chi connectivity index (χ1v) is 7.91. The number of hydrogen-bond donors (Lipinski definition) is 1. The van der Waals surface area contributed by atoms with Crippen molar-refractivity contribution in [2.45, 2.75) is 25.4 Å². The van der Waals surface area contributed by atoms with Gasteiger partial charge in [0.05, 0.1) is 6.04 Å². The van der Waals surface area contributed by atoms with Crippen LogP contribution in [0, 0.1) is 0 Å². The molecule has 0 saturated heterocycles. The zero-order valence-corrected chi connectivity index (χ0v) is 13.2. The van der Waals surface area contributed by atoms with Crippen LogP contribution in [-0.4, -0.2) is 28.6 Å². The third-order valence-electron chi connectivity index (χ3n) is 4.41. The lowest BCUT2D eigenvalue weighted by Gasteiger charge is -2.38. The highest BCUT2D eigenvalue weighted by molar-refractivity contribution is 5.74. The van der Waals surface area contributed by atoms with Gasteiger partial charge in [-0.3, -0.25) is 9.69 Å². The van der Waals surface area contributed by atoms with E-state index < -0.39 is 12.0 Å². The molecule has 0 aliphatic carbocycles. The van der Waals surface area contributed by atoms with Crippen molar-refractivity contribution in [3.63, 3.8) is 0 Å². The van der Waals surface area contributed by atoms with Gasteiger partial charge in [-0.25, -0.2) is 0 Å². The fraction of sp³-hybridized carbons (Fsp3) is 0.250. The van der Waals surface area contributed by atoms with Gasteiger partial charge in [-0.05, 0) is 24.5 Å². The van der Waals surface area contributed by atoms with Gasteiger partial charge in [0, 0.05) is 6.54 Å². The highest BCUT2D eigenvalue weighted by Crippen LogP contribution is 2.33. The van der Waals surface area contributed by atoms with Crippen LogP contribution in [0.1, 0.15) is 30.5 Å². The number of aliphatic carboxylic acids is 1. The number of nitrogens with zero attached hydrogens (tertiary/aromatic N) is 1. The average Bonchev–Trinajstić information content (AvgIpc) is 2.58. The predicted molar refractivity (Wildman–Crippen MR) is 91.2 cm³/mol. The van der Waals surface area contributed by atoms with Gasteiger partial charge in [-0.15, -0.1) is 0 Å². The zero-order chi connectivity index (χ0) is 16.2. The average molecular weight is 307 g/mol. The first kappa shape index (κ1) is 15.5. The van der Waals surface area contributed by atoms with Crippen molar-refractivity contribution in [1.29, 1.82) is 0 Å². The van der Waals surface area contributed by atoms with Gasteiger partial charge in [-0.1, -0.05) is 72.3 Å². The van der Waals surface area contributed by atoms with Gasteiger partial charge < -0.3 is 5.11 Å². The maximum Gasteiger partial charge on any atom is 0.321 e. The molecule has 3 rings (SSSR count). The Hall–Kier alpha value is -2.39. The molecule has 0 radical (unpaired) electrons. The van der Waals surface area contributed by atoms with E-state index in [-0.39, 0.29) is 6.04 Å². The Morgan fingerprint density at radius 2 is 1.57 bits per heavy atom. The molecule has 1 aliphatic heterocycles. The summed E-state index contributed by atoms with van der Waals surface area (Å²) in [7, 11) is 0. The highest BCUT2D eigenvalue weighted by atomic mass is 16.4. The second-order valence-corrected chi connectivity index (χ2v) is 6.03. The van der Waals surface area contributed by atoms with Crippen molar-refractivity contribution < 1.29 is 9.90 Å². The Bertz CT molecular complexity index is 655. The van der Waals surface area contributed by atoms with Gasteiger partial charge in [0.25, 0.3) is 0 Å². The van der Waals surface area contributed by atoms with Crippen molar-refractivity contribution in [2.24, 2.45) is 0 Å². The molecule has 3 heteroatoms. The topological polar surface area (TPSA) is 40.5 Å². The lowest BCUT2D eigenvalue weighted by Crippen LogP contribution is -2.46. The minimum absolute atomic E-state index is 0.0529.